The van der Waals surface area contributed by atoms with Gasteiger partial charge < -0.3 is 25.3 Å². The summed E-state index contributed by atoms with van der Waals surface area (Å²) >= 11 is 0. The second kappa shape index (κ2) is 9.92. The van der Waals surface area contributed by atoms with Gasteiger partial charge in [0.25, 0.3) is 0 Å². The first kappa shape index (κ1) is 24.7. The molecule has 7 nitrogen and oxygen atoms in total. The van der Waals surface area contributed by atoms with Gasteiger partial charge in [-0.3, -0.25) is 0 Å². The fourth-order valence-corrected chi connectivity index (χ4v) is 5.44. The van der Waals surface area contributed by atoms with E-state index in [1.807, 2.05) is 13.0 Å². The summed E-state index contributed by atoms with van der Waals surface area (Å²) in [5.74, 6) is -0.739. The van der Waals surface area contributed by atoms with Crippen molar-refractivity contribution in [3.63, 3.8) is 0 Å². The van der Waals surface area contributed by atoms with Crippen LogP contribution in [0.3, 0.4) is 0 Å². The molecule has 4 aromatic rings. The Bertz CT molecular complexity index is 1470. The molecular weight excluding hydrogens is 493 g/mol. The number of morpholine rings is 1. The average Bonchev–Trinajstić information content (AvgIpc) is 3.32. The van der Waals surface area contributed by atoms with Gasteiger partial charge in [0.05, 0.1) is 30.0 Å². The molecule has 2 aliphatic heterocycles. The van der Waals surface area contributed by atoms with E-state index in [-0.39, 0.29) is 22.9 Å². The Balaban J connectivity index is 1.64. The van der Waals surface area contributed by atoms with Crippen LogP contribution < -0.4 is 15.5 Å². The molecule has 38 heavy (non-hydrogen) atoms. The Morgan fingerprint density at radius 2 is 1.68 bits per heavy atom. The molecule has 0 atom stereocenters. The summed E-state index contributed by atoms with van der Waals surface area (Å²) in [6.45, 7) is 5.53. The predicted molar refractivity (Wildman–Crippen MR) is 142 cm³/mol. The zero-order valence-corrected chi connectivity index (χ0v) is 21.1. The van der Waals surface area contributed by atoms with Crippen LogP contribution in [0.1, 0.15) is 18.4 Å². The number of H-pyrrole nitrogens is 1. The van der Waals surface area contributed by atoms with Crippen molar-refractivity contribution in [1.82, 2.24) is 15.0 Å². The molecule has 0 spiro atoms. The van der Waals surface area contributed by atoms with Gasteiger partial charge in [0.15, 0.2) is 5.82 Å². The number of hydrogen-bond donors (Lipinski definition) is 2. The first-order valence-electron chi connectivity index (χ1n) is 12.9. The largest absolute Gasteiger partial charge is 0.378 e. The molecule has 3 N–H and O–H groups in total. The number of nitrogens with zero attached hydrogens (tertiary/aromatic N) is 4. The van der Waals surface area contributed by atoms with Gasteiger partial charge in [-0.2, -0.15) is 0 Å². The lowest BCUT2D eigenvalue weighted by Crippen LogP contribution is -2.41. The van der Waals surface area contributed by atoms with Crippen LogP contribution in [0.25, 0.3) is 33.5 Å². The number of benzene rings is 2. The van der Waals surface area contributed by atoms with E-state index >= 15 is 0 Å². The molecule has 4 heterocycles. The van der Waals surface area contributed by atoms with Crippen molar-refractivity contribution < 1.29 is 17.9 Å². The molecule has 2 saturated heterocycles. The van der Waals surface area contributed by atoms with Crippen molar-refractivity contribution >= 4 is 22.5 Å². The molecule has 2 aliphatic rings. The van der Waals surface area contributed by atoms with E-state index in [9.17, 15) is 13.2 Å². The standard InChI is InChI=1S/C28H29F3N6O/c1-16-10-17(12-18(29)11-16)21-15-33-28(37-6-8-38-9-7-37)24(26(21)36-4-2-20(32)3-5-36)27-34-23-14-19(30)13-22(31)25(23)35-27/h10-15,20H,2-9,32H2,1H3,(H,34,35). The molecule has 0 unspecified atom stereocenters. The van der Waals surface area contributed by atoms with Crippen LogP contribution in [0, 0.1) is 24.4 Å². The summed E-state index contributed by atoms with van der Waals surface area (Å²) < 4.78 is 49.0. The van der Waals surface area contributed by atoms with Gasteiger partial charge in [0.2, 0.25) is 0 Å². The minimum Gasteiger partial charge on any atom is -0.378 e. The monoisotopic (exact) mass is 522 g/mol. The van der Waals surface area contributed by atoms with Crippen LogP contribution in [-0.2, 0) is 4.74 Å². The predicted octanol–water partition coefficient (Wildman–Crippen LogP) is 4.78. The smallest absolute Gasteiger partial charge is 0.153 e. The van der Waals surface area contributed by atoms with E-state index in [2.05, 4.69) is 19.8 Å². The highest BCUT2D eigenvalue weighted by Gasteiger charge is 2.30. The van der Waals surface area contributed by atoms with E-state index in [4.69, 9.17) is 15.5 Å². The molecule has 2 fully saturated rings. The number of aromatic nitrogens is 3. The molecule has 0 radical (unpaired) electrons. The lowest BCUT2D eigenvalue weighted by atomic mass is 9.96. The van der Waals surface area contributed by atoms with Gasteiger partial charge in [-0.15, -0.1) is 0 Å². The number of nitrogens with one attached hydrogen (secondary N) is 1. The van der Waals surface area contributed by atoms with Crippen molar-refractivity contribution in [2.24, 2.45) is 5.73 Å². The Kier molecular flexibility index (Phi) is 6.45. The molecule has 2 aromatic heterocycles. The molecule has 0 bridgehead atoms. The van der Waals surface area contributed by atoms with Gasteiger partial charge in [-0.25, -0.2) is 23.1 Å². The molecule has 0 amide bonds. The number of anilines is 2. The number of imidazole rings is 1. The average molecular weight is 523 g/mol. The third-order valence-corrected chi connectivity index (χ3v) is 7.29. The van der Waals surface area contributed by atoms with Crippen LogP contribution in [0.5, 0.6) is 0 Å². The number of fused-ring (bicyclic) bond motifs is 1. The van der Waals surface area contributed by atoms with Crippen LogP contribution in [0.2, 0.25) is 0 Å². The van der Waals surface area contributed by atoms with Crippen LogP contribution in [0.15, 0.2) is 36.5 Å². The minimum atomic E-state index is -0.745. The summed E-state index contributed by atoms with van der Waals surface area (Å²) in [4.78, 5) is 17.0. The third kappa shape index (κ3) is 4.58. The highest BCUT2D eigenvalue weighted by Crippen LogP contribution is 2.45. The second-order valence-corrected chi connectivity index (χ2v) is 10.0. The maximum Gasteiger partial charge on any atom is 0.153 e. The van der Waals surface area contributed by atoms with Gasteiger partial charge >= 0.3 is 0 Å². The number of aromatic amines is 1. The first-order chi connectivity index (χ1) is 18.4. The van der Waals surface area contributed by atoms with Crippen molar-refractivity contribution in [2.45, 2.75) is 25.8 Å². The number of halogens is 3. The lowest BCUT2D eigenvalue weighted by molar-refractivity contribution is 0.122. The minimum absolute atomic E-state index is 0.0490. The molecule has 0 aliphatic carbocycles. The van der Waals surface area contributed by atoms with Crippen molar-refractivity contribution in [2.75, 3.05) is 49.2 Å². The molecule has 2 aromatic carbocycles. The Morgan fingerprint density at radius 3 is 2.42 bits per heavy atom. The van der Waals surface area contributed by atoms with E-state index in [1.165, 1.54) is 18.2 Å². The Hall–Kier alpha value is -3.63. The lowest BCUT2D eigenvalue weighted by Gasteiger charge is -2.37. The van der Waals surface area contributed by atoms with Gasteiger partial charge in [-0.1, -0.05) is 6.07 Å². The zero-order valence-electron chi connectivity index (χ0n) is 21.1. The Labute approximate surface area is 218 Å². The number of hydrogen-bond acceptors (Lipinski definition) is 6. The normalized spacial score (nSPS) is 17.0. The summed E-state index contributed by atoms with van der Waals surface area (Å²) in [6.07, 6.45) is 3.35. The maximum absolute atomic E-state index is 14.7. The highest BCUT2D eigenvalue weighted by atomic mass is 19.1. The van der Waals surface area contributed by atoms with Gasteiger partial charge in [-0.05, 0) is 49.1 Å². The second-order valence-electron chi connectivity index (χ2n) is 10.0. The van der Waals surface area contributed by atoms with Crippen molar-refractivity contribution in [3.05, 3.63) is 59.5 Å². The van der Waals surface area contributed by atoms with Gasteiger partial charge in [0, 0.05) is 50.0 Å². The molecule has 0 saturated carbocycles. The van der Waals surface area contributed by atoms with E-state index in [0.717, 1.165) is 35.7 Å². The van der Waals surface area contributed by atoms with Gasteiger partial charge in [0.1, 0.15) is 28.8 Å². The SMILES string of the molecule is Cc1cc(F)cc(-c2cnc(N3CCOCC3)c(-c3nc4c(F)cc(F)cc4[nH]3)c2N2CCC(N)CC2)c1. The van der Waals surface area contributed by atoms with E-state index in [1.54, 1.807) is 6.20 Å². The number of rotatable bonds is 4. The molecule has 10 heteroatoms. The quantitative estimate of drug-likeness (QED) is 0.401. The van der Waals surface area contributed by atoms with Crippen molar-refractivity contribution in [1.29, 1.82) is 0 Å². The third-order valence-electron chi connectivity index (χ3n) is 7.29. The topological polar surface area (TPSA) is 83.3 Å². The summed E-state index contributed by atoms with van der Waals surface area (Å²) in [5.41, 5.74) is 10.2. The summed E-state index contributed by atoms with van der Waals surface area (Å²) in [5, 5.41) is 0. The van der Waals surface area contributed by atoms with Crippen LogP contribution in [0.4, 0.5) is 24.7 Å². The molecular formula is C28H29F3N6O. The fraction of sp³-hybridized carbons (Fsp3) is 0.357. The maximum atomic E-state index is 14.7. The molecule has 198 valence electrons. The van der Waals surface area contributed by atoms with E-state index < -0.39 is 11.6 Å². The first-order valence-corrected chi connectivity index (χ1v) is 12.9. The number of nitrogens with two attached hydrogens (primary N) is 1. The summed E-state index contributed by atoms with van der Waals surface area (Å²) in [6, 6.07) is 7.05. The van der Waals surface area contributed by atoms with Crippen LogP contribution >= 0.6 is 0 Å². The molecule has 6 rings (SSSR count). The number of pyridine rings is 1. The summed E-state index contributed by atoms with van der Waals surface area (Å²) in [7, 11) is 0. The number of ether oxygens (including phenoxy) is 1. The number of piperidine rings is 1. The highest BCUT2D eigenvalue weighted by molar-refractivity contribution is 5.96. The van der Waals surface area contributed by atoms with E-state index in [0.29, 0.717) is 62.2 Å². The Morgan fingerprint density at radius 1 is 0.947 bits per heavy atom. The van der Waals surface area contributed by atoms with Crippen LogP contribution in [-0.4, -0.2) is 60.4 Å². The zero-order chi connectivity index (χ0) is 26.4. The number of aryl methyl sites for hydroxylation is 1. The fourth-order valence-electron chi connectivity index (χ4n) is 5.44. The van der Waals surface area contributed by atoms with Crippen molar-refractivity contribution in [3.8, 4) is 22.5 Å².